The van der Waals surface area contributed by atoms with Crippen LogP contribution in [0.5, 0.6) is 0 Å². The molecule has 0 unspecified atom stereocenters. The van der Waals surface area contributed by atoms with Gasteiger partial charge in [0.05, 0.1) is 0 Å². The van der Waals surface area contributed by atoms with Crippen LogP contribution in [0.2, 0.25) is 0 Å². The summed E-state index contributed by atoms with van der Waals surface area (Å²) >= 11 is 0. The van der Waals surface area contributed by atoms with Crippen LogP contribution in [0, 0.1) is 0 Å². The fourth-order valence-electron chi connectivity index (χ4n) is 2.34. The summed E-state index contributed by atoms with van der Waals surface area (Å²) in [4.78, 5) is 15.7. The molecule has 17 heavy (non-hydrogen) atoms. The lowest BCUT2D eigenvalue weighted by Gasteiger charge is -2.03. The molecule has 1 heterocycles. The number of aromatic nitrogens is 3. The molecule has 0 spiro atoms. The standard InChI is InChI=1S/C13H13N3O/c17-12(13-14-8-15-16-13)7-9-4-5-10-2-1-3-11(10)6-9/h4-6,8H,1-3,7H2,(H,14,15,16). The van der Waals surface area contributed by atoms with Crippen LogP contribution in [-0.2, 0) is 19.3 Å². The quantitative estimate of drug-likeness (QED) is 0.812. The van der Waals surface area contributed by atoms with E-state index in [9.17, 15) is 4.79 Å². The zero-order valence-corrected chi connectivity index (χ0v) is 9.44. The van der Waals surface area contributed by atoms with E-state index in [2.05, 4.69) is 27.3 Å². The molecule has 0 saturated heterocycles. The molecule has 0 radical (unpaired) electrons. The van der Waals surface area contributed by atoms with Crippen molar-refractivity contribution < 1.29 is 4.79 Å². The molecule has 0 aliphatic heterocycles. The van der Waals surface area contributed by atoms with Gasteiger partial charge < -0.3 is 0 Å². The minimum Gasteiger partial charge on any atom is -0.290 e. The van der Waals surface area contributed by atoms with E-state index >= 15 is 0 Å². The third-order valence-electron chi connectivity index (χ3n) is 3.21. The van der Waals surface area contributed by atoms with Crippen LogP contribution in [0.3, 0.4) is 0 Å². The monoisotopic (exact) mass is 227 g/mol. The fraction of sp³-hybridized carbons (Fsp3) is 0.308. The Morgan fingerprint density at radius 2 is 2.18 bits per heavy atom. The Balaban J connectivity index is 1.80. The first kappa shape index (κ1) is 10.2. The summed E-state index contributed by atoms with van der Waals surface area (Å²) in [6, 6.07) is 6.33. The summed E-state index contributed by atoms with van der Waals surface area (Å²) < 4.78 is 0. The van der Waals surface area contributed by atoms with E-state index in [1.807, 2.05) is 6.07 Å². The summed E-state index contributed by atoms with van der Waals surface area (Å²) in [5.41, 5.74) is 3.89. The highest BCUT2D eigenvalue weighted by Gasteiger charge is 2.14. The molecule has 1 aliphatic rings. The third-order valence-corrected chi connectivity index (χ3v) is 3.21. The predicted molar refractivity (Wildman–Crippen MR) is 62.9 cm³/mol. The van der Waals surface area contributed by atoms with E-state index in [1.54, 1.807) is 0 Å². The molecule has 1 aromatic carbocycles. The van der Waals surface area contributed by atoms with Gasteiger partial charge in [-0.05, 0) is 36.0 Å². The minimum absolute atomic E-state index is 0.0135. The number of rotatable bonds is 3. The minimum atomic E-state index is -0.0135. The molecule has 0 bridgehead atoms. The van der Waals surface area contributed by atoms with Crippen LogP contribution >= 0.6 is 0 Å². The maximum Gasteiger partial charge on any atom is 0.203 e. The molecule has 4 nitrogen and oxygen atoms in total. The molecule has 3 rings (SSSR count). The first-order chi connectivity index (χ1) is 8.33. The maximum absolute atomic E-state index is 11.8. The number of carbonyl (C=O) groups is 1. The number of hydrogen-bond acceptors (Lipinski definition) is 3. The number of nitrogens with zero attached hydrogens (tertiary/aromatic N) is 2. The number of H-pyrrole nitrogens is 1. The molecule has 0 saturated carbocycles. The van der Waals surface area contributed by atoms with Gasteiger partial charge in [0.1, 0.15) is 6.33 Å². The number of ketones is 1. The lowest BCUT2D eigenvalue weighted by Crippen LogP contribution is -2.06. The zero-order valence-electron chi connectivity index (χ0n) is 9.44. The van der Waals surface area contributed by atoms with E-state index in [0.29, 0.717) is 12.2 Å². The highest BCUT2D eigenvalue weighted by atomic mass is 16.1. The second-order valence-corrected chi connectivity index (χ2v) is 4.39. The number of Topliss-reactive ketones (excluding diaryl/α,β-unsaturated/α-hetero) is 1. The van der Waals surface area contributed by atoms with Crippen molar-refractivity contribution in [1.29, 1.82) is 0 Å². The molecule has 1 N–H and O–H groups in total. The van der Waals surface area contributed by atoms with Crippen molar-refractivity contribution in [1.82, 2.24) is 15.2 Å². The molecule has 1 aliphatic carbocycles. The molecule has 86 valence electrons. The Hall–Kier alpha value is -1.97. The van der Waals surface area contributed by atoms with Gasteiger partial charge in [-0.15, -0.1) is 0 Å². The van der Waals surface area contributed by atoms with Gasteiger partial charge in [0.25, 0.3) is 0 Å². The Morgan fingerprint density at radius 3 is 3.00 bits per heavy atom. The summed E-state index contributed by atoms with van der Waals surface area (Å²) in [5.74, 6) is 0.325. The van der Waals surface area contributed by atoms with Crippen molar-refractivity contribution in [3.63, 3.8) is 0 Å². The Labute approximate surface area is 99.1 Å². The Morgan fingerprint density at radius 1 is 1.29 bits per heavy atom. The van der Waals surface area contributed by atoms with Crippen molar-refractivity contribution >= 4 is 5.78 Å². The Bertz CT molecular complexity index is 546. The summed E-state index contributed by atoms with van der Waals surface area (Å²) in [5, 5.41) is 6.28. The van der Waals surface area contributed by atoms with E-state index < -0.39 is 0 Å². The molecule has 0 fully saturated rings. The Kier molecular flexibility index (Phi) is 2.48. The lowest BCUT2D eigenvalue weighted by molar-refractivity contribution is 0.0983. The van der Waals surface area contributed by atoms with Gasteiger partial charge in [-0.3, -0.25) is 9.89 Å². The van der Waals surface area contributed by atoms with Crippen LogP contribution in [0.1, 0.15) is 33.7 Å². The molecule has 1 aromatic heterocycles. The number of nitrogens with one attached hydrogen (secondary N) is 1. The molecule has 0 atom stereocenters. The van der Waals surface area contributed by atoms with Crippen molar-refractivity contribution in [2.45, 2.75) is 25.7 Å². The van der Waals surface area contributed by atoms with Gasteiger partial charge in [-0.2, -0.15) is 5.10 Å². The van der Waals surface area contributed by atoms with Crippen molar-refractivity contribution in [2.75, 3.05) is 0 Å². The van der Waals surface area contributed by atoms with Crippen LogP contribution in [0.4, 0.5) is 0 Å². The average Bonchev–Trinajstić information content (AvgIpc) is 2.99. The molecule has 0 amide bonds. The molecular weight excluding hydrogens is 214 g/mol. The van der Waals surface area contributed by atoms with E-state index in [0.717, 1.165) is 12.0 Å². The molecule has 2 aromatic rings. The van der Waals surface area contributed by atoms with Crippen LogP contribution in [-0.4, -0.2) is 21.0 Å². The topological polar surface area (TPSA) is 58.6 Å². The highest BCUT2D eigenvalue weighted by molar-refractivity contribution is 5.93. The zero-order chi connectivity index (χ0) is 11.7. The van der Waals surface area contributed by atoms with Gasteiger partial charge in [0, 0.05) is 6.42 Å². The van der Waals surface area contributed by atoms with E-state index in [1.165, 1.54) is 30.3 Å². The van der Waals surface area contributed by atoms with E-state index in [-0.39, 0.29) is 5.78 Å². The maximum atomic E-state index is 11.8. The second-order valence-electron chi connectivity index (χ2n) is 4.39. The van der Waals surface area contributed by atoms with Gasteiger partial charge in [-0.1, -0.05) is 18.2 Å². The van der Waals surface area contributed by atoms with E-state index in [4.69, 9.17) is 0 Å². The third kappa shape index (κ3) is 1.98. The normalized spacial score (nSPS) is 13.6. The molecular formula is C13H13N3O. The largest absolute Gasteiger partial charge is 0.290 e. The number of aromatic amines is 1. The summed E-state index contributed by atoms with van der Waals surface area (Å²) in [6.45, 7) is 0. The fourth-order valence-corrected chi connectivity index (χ4v) is 2.34. The highest BCUT2D eigenvalue weighted by Crippen LogP contribution is 2.23. The number of carbonyl (C=O) groups excluding carboxylic acids is 1. The van der Waals surface area contributed by atoms with Gasteiger partial charge in [-0.25, -0.2) is 4.98 Å². The summed E-state index contributed by atoms with van der Waals surface area (Å²) in [6.07, 6.45) is 5.29. The van der Waals surface area contributed by atoms with Gasteiger partial charge >= 0.3 is 0 Å². The van der Waals surface area contributed by atoms with Gasteiger partial charge in [0.15, 0.2) is 5.82 Å². The smallest absolute Gasteiger partial charge is 0.203 e. The van der Waals surface area contributed by atoms with Crippen molar-refractivity contribution in [3.8, 4) is 0 Å². The second kappa shape index (κ2) is 4.13. The number of aryl methyl sites for hydroxylation is 2. The van der Waals surface area contributed by atoms with Crippen LogP contribution in [0.25, 0.3) is 0 Å². The van der Waals surface area contributed by atoms with Crippen molar-refractivity contribution in [2.24, 2.45) is 0 Å². The average molecular weight is 227 g/mol. The lowest BCUT2D eigenvalue weighted by atomic mass is 10.0. The number of hydrogen-bond donors (Lipinski definition) is 1. The van der Waals surface area contributed by atoms with Crippen LogP contribution in [0.15, 0.2) is 24.5 Å². The first-order valence-corrected chi connectivity index (χ1v) is 5.82. The van der Waals surface area contributed by atoms with Crippen molar-refractivity contribution in [3.05, 3.63) is 47.0 Å². The SMILES string of the molecule is O=C(Cc1ccc2c(c1)CCC2)c1ncn[nH]1. The molecule has 4 heteroatoms. The number of fused-ring (bicyclic) bond motifs is 1. The van der Waals surface area contributed by atoms with Gasteiger partial charge in [0.2, 0.25) is 5.78 Å². The first-order valence-electron chi connectivity index (χ1n) is 5.82. The van der Waals surface area contributed by atoms with Crippen LogP contribution < -0.4 is 0 Å². The number of benzene rings is 1. The summed E-state index contributed by atoms with van der Waals surface area (Å²) in [7, 11) is 0. The predicted octanol–water partition coefficient (Wildman–Crippen LogP) is 1.72.